The minimum Gasteiger partial charge on any atom is -0.356 e. The number of hydrogen-bond donors (Lipinski definition) is 1. The molecule has 0 aromatic carbocycles. The molecule has 4 heteroatoms. The molecule has 0 aromatic heterocycles. The first-order valence-electron chi connectivity index (χ1n) is 5.32. The minimum absolute atomic E-state index is 0.197. The summed E-state index contributed by atoms with van der Waals surface area (Å²) in [6, 6.07) is 0. The summed E-state index contributed by atoms with van der Waals surface area (Å²) in [5, 5.41) is 2.91. The van der Waals surface area contributed by atoms with Crippen molar-refractivity contribution in [2.45, 2.75) is 39.5 Å². The Hall–Kier alpha value is 0.170. The summed E-state index contributed by atoms with van der Waals surface area (Å²) in [6.07, 6.45) is 4.09. The van der Waals surface area contributed by atoms with Crippen molar-refractivity contribution < 1.29 is 4.79 Å². The maximum absolute atomic E-state index is 11.2. The third-order valence-electron chi connectivity index (χ3n) is 1.64. The van der Waals surface area contributed by atoms with Gasteiger partial charge >= 0.3 is 0 Å². The molecule has 0 aliphatic carbocycles. The van der Waals surface area contributed by atoms with Gasteiger partial charge in [-0.1, -0.05) is 41.9 Å². The zero-order chi connectivity index (χ0) is 10.6. The Labute approximate surface area is 95.4 Å². The van der Waals surface area contributed by atoms with Crippen LogP contribution < -0.4 is 5.32 Å². The second-order valence-electron chi connectivity index (χ2n) is 3.10. The van der Waals surface area contributed by atoms with E-state index >= 15 is 0 Å². The van der Waals surface area contributed by atoms with E-state index in [-0.39, 0.29) is 5.91 Å². The lowest BCUT2D eigenvalue weighted by Gasteiger charge is -2.03. The number of amides is 1. The summed E-state index contributed by atoms with van der Waals surface area (Å²) in [6.45, 7) is 5.14. The average Bonchev–Trinajstić information content (AvgIpc) is 2.18. The molecule has 14 heavy (non-hydrogen) atoms. The smallest absolute Gasteiger partial charge is 0.220 e. The van der Waals surface area contributed by atoms with E-state index in [9.17, 15) is 4.79 Å². The topological polar surface area (TPSA) is 29.1 Å². The first-order chi connectivity index (χ1) is 6.81. The van der Waals surface area contributed by atoms with Crippen molar-refractivity contribution in [3.63, 3.8) is 0 Å². The first-order valence-corrected chi connectivity index (χ1v) is 7.81. The molecule has 0 aromatic rings. The Morgan fingerprint density at radius 3 is 2.50 bits per heavy atom. The molecule has 0 saturated heterocycles. The van der Waals surface area contributed by atoms with Crippen LogP contribution >= 0.6 is 21.6 Å². The lowest BCUT2D eigenvalue weighted by atomic mass is 10.3. The Morgan fingerprint density at radius 1 is 1.14 bits per heavy atom. The third-order valence-corrected chi connectivity index (χ3v) is 4.25. The van der Waals surface area contributed by atoms with Crippen molar-refractivity contribution >= 4 is 27.5 Å². The van der Waals surface area contributed by atoms with Crippen LogP contribution in [-0.2, 0) is 4.79 Å². The highest BCUT2D eigenvalue weighted by Crippen LogP contribution is 2.22. The molecule has 1 N–H and O–H groups in total. The van der Waals surface area contributed by atoms with Crippen LogP contribution in [0.5, 0.6) is 0 Å². The molecule has 0 aliphatic rings. The highest BCUT2D eigenvalue weighted by Gasteiger charge is 1.99. The first kappa shape index (κ1) is 14.2. The lowest BCUT2D eigenvalue weighted by molar-refractivity contribution is -0.120. The van der Waals surface area contributed by atoms with E-state index in [0.717, 1.165) is 25.1 Å². The fourth-order valence-corrected chi connectivity index (χ4v) is 2.96. The van der Waals surface area contributed by atoms with E-state index in [1.165, 1.54) is 12.2 Å². The number of hydrogen-bond acceptors (Lipinski definition) is 3. The third kappa shape index (κ3) is 10.3. The molecular formula is C10H21NOS2. The van der Waals surface area contributed by atoms with Gasteiger partial charge in [0.25, 0.3) is 0 Å². The van der Waals surface area contributed by atoms with Gasteiger partial charge in [-0.15, -0.1) is 0 Å². The van der Waals surface area contributed by atoms with Gasteiger partial charge in [0.1, 0.15) is 0 Å². The quantitative estimate of drug-likeness (QED) is 0.492. The molecule has 0 unspecified atom stereocenters. The SMILES string of the molecule is CCCCNC(=O)CCSSCCC. The Morgan fingerprint density at radius 2 is 1.86 bits per heavy atom. The molecule has 0 heterocycles. The van der Waals surface area contributed by atoms with E-state index in [1.54, 1.807) is 10.8 Å². The normalized spacial score (nSPS) is 10.1. The minimum atomic E-state index is 0.197. The van der Waals surface area contributed by atoms with Gasteiger partial charge in [0.15, 0.2) is 0 Å². The van der Waals surface area contributed by atoms with E-state index in [2.05, 4.69) is 19.2 Å². The summed E-state index contributed by atoms with van der Waals surface area (Å²) < 4.78 is 0. The van der Waals surface area contributed by atoms with Crippen LogP contribution in [0.1, 0.15) is 39.5 Å². The predicted molar refractivity (Wildman–Crippen MR) is 67.7 cm³/mol. The molecule has 0 saturated carbocycles. The van der Waals surface area contributed by atoms with E-state index < -0.39 is 0 Å². The van der Waals surface area contributed by atoms with E-state index in [0.29, 0.717) is 6.42 Å². The van der Waals surface area contributed by atoms with E-state index in [4.69, 9.17) is 0 Å². The molecule has 0 aliphatic heterocycles. The molecule has 1 amide bonds. The van der Waals surface area contributed by atoms with Crippen molar-refractivity contribution in [2.24, 2.45) is 0 Å². The van der Waals surface area contributed by atoms with Gasteiger partial charge < -0.3 is 5.32 Å². The maximum atomic E-state index is 11.2. The number of carbonyl (C=O) groups is 1. The molecule has 0 atom stereocenters. The molecule has 0 rings (SSSR count). The molecular weight excluding hydrogens is 214 g/mol. The van der Waals surface area contributed by atoms with Crippen molar-refractivity contribution in [3.05, 3.63) is 0 Å². The van der Waals surface area contributed by atoms with Crippen LogP contribution in [0.25, 0.3) is 0 Å². The monoisotopic (exact) mass is 235 g/mol. The summed E-state index contributed by atoms with van der Waals surface area (Å²) in [4.78, 5) is 11.2. The zero-order valence-corrected chi connectivity index (χ0v) is 10.8. The average molecular weight is 235 g/mol. The number of carbonyl (C=O) groups excluding carboxylic acids is 1. The summed E-state index contributed by atoms with van der Waals surface area (Å²) in [5.41, 5.74) is 0. The van der Waals surface area contributed by atoms with Gasteiger partial charge in [0.2, 0.25) is 5.91 Å². The van der Waals surface area contributed by atoms with Crippen LogP contribution in [0, 0.1) is 0 Å². The summed E-state index contributed by atoms with van der Waals surface area (Å²) >= 11 is 0. The van der Waals surface area contributed by atoms with Crippen molar-refractivity contribution in [1.29, 1.82) is 0 Å². The zero-order valence-electron chi connectivity index (χ0n) is 9.17. The van der Waals surface area contributed by atoms with Crippen LogP contribution in [0.3, 0.4) is 0 Å². The largest absolute Gasteiger partial charge is 0.356 e. The van der Waals surface area contributed by atoms with Gasteiger partial charge in [-0.3, -0.25) is 4.79 Å². The Bertz CT molecular complexity index is 142. The highest BCUT2D eigenvalue weighted by atomic mass is 33.1. The second kappa shape index (κ2) is 11.2. The van der Waals surface area contributed by atoms with Crippen LogP contribution in [-0.4, -0.2) is 24.0 Å². The molecule has 2 nitrogen and oxygen atoms in total. The van der Waals surface area contributed by atoms with Crippen LogP contribution in [0.15, 0.2) is 0 Å². The standard InChI is InChI=1S/C10H21NOS2/c1-3-5-7-11-10(12)6-9-14-13-8-4-2/h3-9H2,1-2H3,(H,11,12). The summed E-state index contributed by atoms with van der Waals surface area (Å²) in [5.74, 6) is 2.31. The molecule has 0 bridgehead atoms. The molecule has 0 fully saturated rings. The van der Waals surface area contributed by atoms with Gasteiger partial charge in [-0.05, 0) is 12.8 Å². The Kier molecular flexibility index (Phi) is 11.4. The maximum Gasteiger partial charge on any atom is 0.220 e. The van der Waals surface area contributed by atoms with Crippen molar-refractivity contribution in [3.8, 4) is 0 Å². The number of rotatable bonds is 9. The van der Waals surface area contributed by atoms with Gasteiger partial charge in [-0.2, -0.15) is 0 Å². The Balaban J connectivity index is 3.10. The lowest BCUT2D eigenvalue weighted by Crippen LogP contribution is -2.24. The van der Waals surface area contributed by atoms with Crippen molar-refractivity contribution in [2.75, 3.05) is 18.1 Å². The molecule has 0 spiro atoms. The second-order valence-corrected chi connectivity index (χ2v) is 5.80. The van der Waals surface area contributed by atoms with E-state index in [1.807, 2.05) is 10.8 Å². The summed E-state index contributed by atoms with van der Waals surface area (Å²) in [7, 11) is 3.66. The predicted octanol–water partition coefficient (Wildman–Crippen LogP) is 3.08. The number of unbranched alkanes of at least 4 members (excludes halogenated alkanes) is 1. The van der Waals surface area contributed by atoms with Crippen molar-refractivity contribution in [1.82, 2.24) is 5.32 Å². The highest BCUT2D eigenvalue weighted by molar-refractivity contribution is 8.76. The number of nitrogens with one attached hydrogen (secondary N) is 1. The molecule has 0 radical (unpaired) electrons. The fraction of sp³-hybridized carbons (Fsp3) is 0.900. The van der Waals surface area contributed by atoms with Gasteiger partial charge in [-0.25, -0.2) is 0 Å². The van der Waals surface area contributed by atoms with Gasteiger partial charge in [0, 0.05) is 24.5 Å². The molecule has 84 valence electrons. The van der Waals surface area contributed by atoms with Crippen LogP contribution in [0.4, 0.5) is 0 Å². The fourth-order valence-electron chi connectivity index (χ4n) is 0.829. The van der Waals surface area contributed by atoms with Crippen LogP contribution in [0.2, 0.25) is 0 Å². The van der Waals surface area contributed by atoms with Gasteiger partial charge in [0.05, 0.1) is 0 Å².